The fraction of sp³-hybridized carbons (Fsp3) is 0.783. The Labute approximate surface area is 409 Å². The zero-order chi connectivity index (χ0) is 47.9. The van der Waals surface area contributed by atoms with Crippen molar-refractivity contribution in [3.63, 3.8) is 0 Å². The van der Waals surface area contributed by atoms with Gasteiger partial charge in [-0.15, -0.1) is 0 Å². The van der Waals surface area contributed by atoms with Crippen molar-refractivity contribution in [2.75, 3.05) is 13.2 Å². The Kier molecular flexibility index (Phi) is 52.3. The lowest BCUT2D eigenvalue weighted by Gasteiger charge is -2.18. The maximum Gasteiger partial charge on any atom is 0.306 e. The lowest BCUT2D eigenvalue weighted by atomic mass is 10.0. The van der Waals surface area contributed by atoms with Crippen molar-refractivity contribution in [3.8, 4) is 0 Å². The van der Waals surface area contributed by atoms with Crippen LogP contribution in [0.4, 0.5) is 0 Å². The predicted molar refractivity (Wildman–Crippen MR) is 284 cm³/mol. The SMILES string of the molecule is CCCC/C=C\CCCCCCCC(=O)OCC(COC(=O)CCCCCCCCCCCCCCCCCCCCC)OC(=O)CCCCCCC\C=C/C=C\C=C/C=C\CCCCC. The monoisotopic (exact) mass is 923 g/mol. The molecule has 6 heteroatoms. The molecule has 0 aromatic rings. The largest absolute Gasteiger partial charge is 0.462 e. The van der Waals surface area contributed by atoms with Gasteiger partial charge in [-0.1, -0.05) is 261 Å². The number of unbranched alkanes of at least 4 members (excludes halogenated alkanes) is 33. The van der Waals surface area contributed by atoms with Crippen molar-refractivity contribution in [1.29, 1.82) is 0 Å². The molecule has 0 spiro atoms. The minimum absolute atomic E-state index is 0.0843. The first kappa shape index (κ1) is 63.1. The highest BCUT2D eigenvalue weighted by Crippen LogP contribution is 2.16. The molecule has 66 heavy (non-hydrogen) atoms. The highest BCUT2D eigenvalue weighted by molar-refractivity contribution is 5.71. The van der Waals surface area contributed by atoms with Crippen molar-refractivity contribution in [3.05, 3.63) is 60.8 Å². The highest BCUT2D eigenvalue weighted by Gasteiger charge is 2.19. The van der Waals surface area contributed by atoms with Crippen LogP contribution in [0.2, 0.25) is 0 Å². The zero-order valence-corrected chi connectivity index (χ0v) is 43.7. The van der Waals surface area contributed by atoms with E-state index < -0.39 is 6.10 Å². The molecule has 0 N–H and O–H groups in total. The molecular formula is C60H106O6. The molecule has 6 nitrogen and oxygen atoms in total. The smallest absolute Gasteiger partial charge is 0.306 e. The number of carbonyl (C=O) groups excluding carboxylic acids is 3. The van der Waals surface area contributed by atoms with Gasteiger partial charge in [-0.25, -0.2) is 0 Å². The molecule has 0 fully saturated rings. The van der Waals surface area contributed by atoms with Crippen LogP contribution in [0.15, 0.2) is 60.8 Å². The van der Waals surface area contributed by atoms with E-state index in [4.69, 9.17) is 14.2 Å². The topological polar surface area (TPSA) is 78.9 Å². The van der Waals surface area contributed by atoms with Crippen LogP contribution < -0.4 is 0 Å². The van der Waals surface area contributed by atoms with Crippen LogP contribution in [0, 0.1) is 0 Å². The second kappa shape index (κ2) is 54.7. The van der Waals surface area contributed by atoms with Crippen molar-refractivity contribution in [2.24, 2.45) is 0 Å². The molecule has 0 aromatic carbocycles. The second-order valence-corrected chi connectivity index (χ2v) is 18.9. The fourth-order valence-corrected chi connectivity index (χ4v) is 8.02. The lowest BCUT2D eigenvalue weighted by Crippen LogP contribution is -2.30. The summed E-state index contributed by atoms with van der Waals surface area (Å²) in [6.45, 7) is 6.56. The quantitative estimate of drug-likeness (QED) is 0.0199. The van der Waals surface area contributed by atoms with Crippen LogP contribution in [0.25, 0.3) is 0 Å². The van der Waals surface area contributed by atoms with Gasteiger partial charge in [-0.3, -0.25) is 14.4 Å². The predicted octanol–water partition coefficient (Wildman–Crippen LogP) is 18.8. The van der Waals surface area contributed by atoms with Gasteiger partial charge in [0.2, 0.25) is 0 Å². The van der Waals surface area contributed by atoms with Crippen molar-refractivity contribution < 1.29 is 28.6 Å². The van der Waals surface area contributed by atoms with E-state index in [0.29, 0.717) is 19.3 Å². The molecule has 0 aliphatic heterocycles. The van der Waals surface area contributed by atoms with Gasteiger partial charge in [-0.2, -0.15) is 0 Å². The molecule has 0 heterocycles. The van der Waals surface area contributed by atoms with Crippen LogP contribution in [-0.4, -0.2) is 37.2 Å². The number of allylic oxidation sites excluding steroid dienone is 10. The van der Waals surface area contributed by atoms with E-state index in [-0.39, 0.29) is 31.1 Å². The van der Waals surface area contributed by atoms with Gasteiger partial charge < -0.3 is 14.2 Å². The van der Waals surface area contributed by atoms with E-state index in [1.165, 1.54) is 154 Å². The molecule has 0 rings (SSSR count). The average molecular weight is 924 g/mol. The van der Waals surface area contributed by atoms with Gasteiger partial charge in [0, 0.05) is 19.3 Å². The Morgan fingerprint density at radius 3 is 0.970 bits per heavy atom. The third-order valence-electron chi connectivity index (χ3n) is 12.3. The van der Waals surface area contributed by atoms with E-state index in [2.05, 4.69) is 81.5 Å². The van der Waals surface area contributed by atoms with E-state index in [1.54, 1.807) is 0 Å². The molecule has 1 atom stereocenters. The minimum atomic E-state index is -0.788. The van der Waals surface area contributed by atoms with Gasteiger partial charge >= 0.3 is 17.9 Å². The number of hydrogen-bond donors (Lipinski definition) is 0. The first-order valence-electron chi connectivity index (χ1n) is 28.3. The number of carbonyl (C=O) groups is 3. The summed E-state index contributed by atoms with van der Waals surface area (Å²) in [4.78, 5) is 38.1. The number of rotatable bonds is 51. The number of ether oxygens (including phenoxy) is 3. The summed E-state index contributed by atoms with van der Waals surface area (Å²) in [6, 6.07) is 0. The Bertz CT molecular complexity index is 1200. The Morgan fingerprint density at radius 2 is 0.576 bits per heavy atom. The number of esters is 3. The van der Waals surface area contributed by atoms with Crippen LogP contribution in [0.5, 0.6) is 0 Å². The molecule has 0 aliphatic carbocycles. The maximum absolute atomic E-state index is 12.8. The van der Waals surface area contributed by atoms with Crippen molar-refractivity contribution in [2.45, 2.75) is 290 Å². The van der Waals surface area contributed by atoms with Gasteiger partial charge in [-0.05, 0) is 64.2 Å². The average Bonchev–Trinajstić information content (AvgIpc) is 3.31. The summed E-state index contributed by atoms with van der Waals surface area (Å²) < 4.78 is 16.8. The third-order valence-corrected chi connectivity index (χ3v) is 12.3. The molecular weight excluding hydrogens is 817 g/mol. The van der Waals surface area contributed by atoms with E-state index in [1.807, 2.05) is 0 Å². The zero-order valence-electron chi connectivity index (χ0n) is 43.7. The lowest BCUT2D eigenvalue weighted by molar-refractivity contribution is -0.167. The molecule has 0 amide bonds. The summed E-state index contributed by atoms with van der Waals surface area (Å²) in [6.07, 6.45) is 67.8. The second-order valence-electron chi connectivity index (χ2n) is 18.9. The minimum Gasteiger partial charge on any atom is -0.462 e. The Morgan fingerprint density at radius 1 is 0.303 bits per heavy atom. The highest BCUT2D eigenvalue weighted by atomic mass is 16.6. The fourth-order valence-electron chi connectivity index (χ4n) is 8.02. The molecule has 382 valence electrons. The molecule has 0 bridgehead atoms. The van der Waals surface area contributed by atoms with Gasteiger partial charge in [0.25, 0.3) is 0 Å². The maximum atomic E-state index is 12.8. The molecule has 0 radical (unpaired) electrons. The summed E-state index contributed by atoms with van der Waals surface area (Å²) in [7, 11) is 0. The Balaban J connectivity index is 4.36. The summed E-state index contributed by atoms with van der Waals surface area (Å²) in [5, 5.41) is 0. The van der Waals surface area contributed by atoms with E-state index >= 15 is 0 Å². The van der Waals surface area contributed by atoms with Crippen molar-refractivity contribution in [1.82, 2.24) is 0 Å². The van der Waals surface area contributed by atoms with Gasteiger partial charge in [0.15, 0.2) is 6.10 Å². The normalized spacial score (nSPS) is 12.5. The Hall–Kier alpha value is -2.89. The molecule has 0 aromatic heterocycles. The van der Waals surface area contributed by atoms with Gasteiger partial charge in [0.05, 0.1) is 0 Å². The molecule has 1 unspecified atom stereocenters. The summed E-state index contributed by atoms with van der Waals surface area (Å²) in [5.74, 6) is -0.907. The van der Waals surface area contributed by atoms with Crippen LogP contribution in [-0.2, 0) is 28.6 Å². The number of hydrogen-bond acceptors (Lipinski definition) is 6. The van der Waals surface area contributed by atoms with Crippen LogP contribution in [0.3, 0.4) is 0 Å². The first-order chi connectivity index (χ1) is 32.5. The molecule has 0 saturated carbocycles. The van der Waals surface area contributed by atoms with Crippen molar-refractivity contribution >= 4 is 17.9 Å². The molecule has 0 saturated heterocycles. The van der Waals surface area contributed by atoms with Crippen LogP contribution in [0.1, 0.15) is 284 Å². The summed E-state index contributed by atoms with van der Waals surface area (Å²) in [5.41, 5.74) is 0. The first-order valence-corrected chi connectivity index (χ1v) is 28.3. The third kappa shape index (κ3) is 52.1. The van der Waals surface area contributed by atoms with E-state index in [9.17, 15) is 14.4 Å². The standard InChI is InChI=1S/C60H106O6/c1-4-7-10-13-16-19-22-24-26-28-30-32-33-35-38-41-44-47-50-53-59(62)65-56-57(55-64-58(61)52-49-46-43-40-37-21-18-15-12-9-6-3)66-60(63)54-51-48-45-42-39-36-34-31-29-27-25-23-20-17-14-11-8-5-2/h15,17-18,20,23,25,27,29,31,34,57H,4-14,16,19,21-22,24,26,28,30,32-33,35-56H2,1-3H3/b18-15-,20-17-,25-23-,29-27-,34-31-. The summed E-state index contributed by atoms with van der Waals surface area (Å²) >= 11 is 0. The molecule has 0 aliphatic rings. The van der Waals surface area contributed by atoms with Gasteiger partial charge in [0.1, 0.15) is 13.2 Å². The van der Waals surface area contributed by atoms with Crippen LogP contribution >= 0.6 is 0 Å². The van der Waals surface area contributed by atoms with E-state index in [0.717, 1.165) is 89.9 Å².